The first-order chi connectivity index (χ1) is 7.31. The topological polar surface area (TPSA) is 40.5 Å². The molecule has 1 saturated heterocycles. The Labute approximate surface area is 91.5 Å². The van der Waals surface area contributed by atoms with Gasteiger partial charge in [0.25, 0.3) is 0 Å². The van der Waals surface area contributed by atoms with Crippen LogP contribution in [0.4, 0.5) is 0 Å². The fourth-order valence-electron chi connectivity index (χ4n) is 2.91. The van der Waals surface area contributed by atoms with E-state index in [-0.39, 0.29) is 12.6 Å². The second-order valence-corrected chi connectivity index (χ2v) is 4.89. The molecule has 1 N–H and O–H groups in total. The van der Waals surface area contributed by atoms with E-state index in [9.17, 15) is 4.79 Å². The first-order valence-corrected chi connectivity index (χ1v) is 6.19. The van der Waals surface area contributed by atoms with Crippen LogP contribution < -0.4 is 0 Å². The van der Waals surface area contributed by atoms with Crippen LogP contribution in [0, 0.1) is 5.92 Å². The van der Waals surface area contributed by atoms with Crippen LogP contribution >= 0.6 is 0 Å². The predicted molar refractivity (Wildman–Crippen MR) is 58.6 cm³/mol. The number of likely N-dealkylation sites (tertiary alicyclic amines) is 1. The fourth-order valence-corrected chi connectivity index (χ4v) is 2.91. The van der Waals surface area contributed by atoms with E-state index in [4.69, 9.17) is 5.11 Å². The summed E-state index contributed by atoms with van der Waals surface area (Å²) in [4.78, 5) is 14.1. The highest BCUT2D eigenvalue weighted by atomic mass is 16.3. The van der Waals surface area contributed by atoms with E-state index in [0.29, 0.717) is 11.7 Å². The zero-order valence-corrected chi connectivity index (χ0v) is 9.32. The Kier molecular flexibility index (Phi) is 3.76. The molecule has 2 fully saturated rings. The summed E-state index contributed by atoms with van der Waals surface area (Å²) >= 11 is 0. The molecule has 0 aromatic carbocycles. The van der Waals surface area contributed by atoms with E-state index in [2.05, 4.69) is 4.90 Å². The number of carbonyl (C=O) groups excluding carboxylic acids is 1. The van der Waals surface area contributed by atoms with Gasteiger partial charge in [0.05, 0.1) is 6.04 Å². The molecule has 0 radical (unpaired) electrons. The highest BCUT2D eigenvalue weighted by Gasteiger charge is 2.32. The van der Waals surface area contributed by atoms with Crippen molar-refractivity contribution >= 4 is 5.78 Å². The maximum absolute atomic E-state index is 11.8. The van der Waals surface area contributed by atoms with Crippen LogP contribution in [0.3, 0.4) is 0 Å². The maximum Gasteiger partial charge on any atom is 0.149 e. The van der Waals surface area contributed by atoms with Gasteiger partial charge in [0.15, 0.2) is 0 Å². The van der Waals surface area contributed by atoms with Crippen LogP contribution in [0.5, 0.6) is 0 Å². The highest BCUT2D eigenvalue weighted by Crippen LogP contribution is 2.26. The summed E-state index contributed by atoms with van der Waals surface area (Å²) in [5.41, 5.74) is 0. The minimum Gasteiger partial charge on any atom is -0.396 e. The van der Waals surface area contributed by atoms with Crippen molar-refractivity contribution in [3.63, 3.8) is 0 Å². The molecule has 2 unspecified atom stereocenters. The van der Waals surface area contributed by atoms with E-state index in [1.807, 2.05) is 0 Å². The third-order valence-electron chi connectivity index (χ3n) is 3.82. The largest absolute Gasteiger partial charge is 0.396 e. The molecule has 1 heterocycles. The van der Waals surface area contributed by atoms with Gasteiger partial charge in [0, 0.05) is 19.6 Å². The second kappa shape index (κ2) is 5.08. The average molecular weight is 211 g/mol. The Balaban J connectivity index is 1.86. The highest BCUT2D eigenvalue weighted by molar-refractivity contribution is 5.84. The molecule has 2 aliphatic rings. The molecule has 1 aliphatic carbocycles. The van der Waals surface area contributed by atoms with Gasteiger partial charge < -0.3 is 5.11 Å². The van der Waals surface area contributed by atoms with Crippen molar-refractivity contribution in [3.05, 3.63) is 0 Å². The molecule has 1 saturated carbocycles. The number of rotatable bonds is 3. The molecule has 0 aromatic rings. The Bertz CT molecular complexity index is 230. The van der Waals surface area contributed by atoms with E-state index < -0.39 is 0 Å². The van der Waals surface area contributed by atoms with Gasteiger partial charge in [-0.25, -0.2) is 0 Å². The van der Waals surface area contributed by atoms with Gasteiger partial charge in [0.2, 0.25) is 0 Å². The molecule has 2 rings (SSSR count). The number of hydrogen-bond donors (Lipinski definition) is 1. The Hall–Kier alpha value is -0.410. The Morgan fingerprint density at radius 1 is 1.33 bits per heavy atom. The summed E-state index contributed by atoms with van der Waals surface area (Å²) in [5.74, 6) is 1.07. The number of aliphatic hydroxyl groups is 1. The fraction of sp³-hybridized carbons (Fsp3) is 0.917. The monoisotopic (exact) mass is 211 g/mol. The lowest BCUT2D eigenvalue weighted by atomic mass is 9.93. The minimum absolute atomic E-state index is 0.211. The summed E-state index contributed by atoms with van der Waals surface area (Å²) in [7, 11) is 0. The molecule has 15 heavy (non-hydrogen) atoms. The number of Topliss-reactive ketones (excluding diaryl/α,β-unsaturated/α-hetero) is 1. The van der Waals surface area contributed by atoms with Crippen molar-refractivity contribution in [2.24, 2.45) is 5.92 Å². The molecule has 86 valence electrons. The van der Waals surface area contributed by atoms with Gasteiger partial charge >= 0.3 is 0 Å². The van der Waals surface area contributed by atoms with Gasteiger partial charge in [-0.2, -0.15) is 0 Å². The van der Waals surface area contributed by atoms with E-state index in [1.54, 1.807) is 0 Å². The third-order valence-corrected chi connectivity index (χ3v) is 3.82. The van der Waals surface area contributed by atoms with Crippen molar-refractivity contribution in [2.45, 2.75) is 44.6 Å². The average Bonchev–Trinajstić information content (AvgIpc) is 2.68. The predicted octanol–water partition coefficient (Wildman–Crippen LogP) is 1.20. The summed E-state index contributed by atoms with van der Waals surface area (Å²) in [6.07, 6.45) is 6.19. The van der Waals surface area contributed by atoms with Gasteiger partial charge in [-0.1, -0.05) is 6.42 Å². The van der Waals surface area contributed by atoms with E-state index in [1.165, 1.54) is 6.42 Å². The number of nitrogens with zero attached hydrogens (tertiary/aromatic N) is 1. The first-order valence-electron chi connectivity index (χ1n) is 6.19. The maximum atomic E-state index is 11.8. The molecule has 0 spiro atoms. The van der Waals surface area contributed by atoms with Gasteiger partial charge in [0.1, 0.15) is 5.78 Å². The van der Waals surface area contributed by atoms with Gasteiger partial charge in [-0.3, -0.25) is 9.69 Å². The molecular weight excluding hydrogens is 190 g/mol. The molecule has 0 bridgehead atoms. The van der Waals surface area contributed by atoms with Crippen LogP contribution in [-0.4, -0.2) is 41.5 Å². The summed E-state index contributed by atoms with van der Waals surface area (Å²) in [5, 5.41) is 8.89. The van der Waals surface area contributed by atoms with Crippen molar-refractivity contribution in [1.29, 1.82) is 0 Å². The molecule has 3 nitrogen and oxygen atoms in total. The van der Waals surface area contributed by atoms with Crippen molar-refractivity contribution < 1.29 is 9.90 Å². The lowest BCUT2D eigenvalue weighted by Crippen LogP contribution is -2.41. The van der Waals surface area contributed by atoms with Crippen molar-refractivity contribution in [3.8, 4) is 0 Å². The zero-order valence-electron chi connectivity index (χ0n) is 9.32. The molecule has 3 heteroatoms. The van der Waals surface area contributed by atoms with Crippen LogP contribution in [0.15, 0.2) is 0 Å². The molecular formula is C12H21NO2. The van der Waals surface area contributed by atoms with Gasteiger partial charge in [-0.05, 0) is 38.1 Å². The van der Waals surface area contributed by atoms with Crippen LogP contribution in [0.2, 0.25) is 0 Å². The van der Waals surface area contributed by atoms with Crippen LogP contribution in [0.1, 0.15) is 38.5 Å². The molecule has 0 aromatic heterocycles. The second-order valence-electron chi connectivity index (χ2n) is 4.89. The molecule has 0 amide bonds. The number of carbonyl (C=O) groups is 1. The normalized spacial score (nSPS) is 33.5. The number of ketones is 1. The lowest BCUT2D eigenvalue weighted by Gasteiger charge is -2.29. The molecule has 1 aliphatic heterocycles. The smallest absolute Gasteiger partial charge is 0.149 e. The lowest BCUT2D eigenvalue weighted by molar-refractivity contribution is -0.125. The van der Waals surface area contributed by atoms with E-state index in [0.717, 1.165) is 45.2 Å². The van der Waals surface area contributed by atoms with Crippen LogP contribution in [-0.2, 0) is 4.79 Å². The Morgan fingerprint density at radius 2 is 2.20 bits per heavy atom. The Morgan fingerprint density at radius 3 is 2.93 bits per heavy atom. The zero-order chi connectivity index (χ0) is 10.7. The number of hydrogen-bond acceptors (Lipinski definition) is 3. The first kappa shape index (κ1) is 11.1. The minimum atomic E-state index is 0.211. The summed E-state index contributed by atoms with van der Waals surface area (Å²) in [6, 6.07) is 0.211. The third kappa shape index (κ3) is 2.58. The summed E-state index contributed by atoms with van der Waals surface area (Å²) in [6.45, 7) is 2.37. The van der Waals surface area contributed by atoms with Crippen LogP contribution in [0.25, 0.3) is 0 Å². The van der Waals surface area contributed by atoms with Gasteiger partial charge in [-0.15, -0.1) is 0 Å². The van der Waals surface area contributed by atoms with Crippen molar-refractivity contribution in [2.75, 3.05) is 19.7 Å². The summed E-state index contributed by atoms with van der Waals surface area (Å²) < 4.78 is 0. The molecule has 2 atom stereocenters. The standard InChI is InChI=1S/C12H21NO2/c14-8-6-10-5-7-13(9-10)11-3-1-2-4-12(11)15/h10-11,14H,1-9H2. The quantitative estimate of drug-likeness (QED) is 0.762. The number of aliphatic hydroxyl groups excluding tert-OH is 1. The van der Waals surface area contributed by atoms with Crippen molar-refractivity contribution in [1.82, 2.24) is 4.90 Å². The van der Waals surface area contributed by atoms with E-state index >= 15 is 0 Å². The SMILES string of the molecule is O=C1CCCCC1N1CCC(CCO)C1.